The fraction of sp³-hybridized carbons (Fsp3) is 0.467. The Morgan fingerprint density at radius 1 is 1.30 bits per heavy atom. The van der Waals surface area contributed by atoms with Crippen LogP contribution in [0.3, 0.4) is 0 Å². The standard InChI is InChI=1S/C15H18ClNO3/c16-12-5-2-1-4-11(12)6-7-13(18)17-15(8-3-9-15)10-14(19)20/h1-2,4-5H,3,6-10H2,(H,17,18)(H,19,20). The minimum Gasteiger partial charge on any atom is -0.481 e. The number of hydrogen-bond donors (Lipinski definition) is 2. The summed E-state index contributed by atoms with van der Waals surface area (Å²) in [6.07, 6.45) is 3.36. The number of carboxylic acids is 1. The topological polar surface area (TPSA) is 66.4 Å². The molecule has 1 aliphatic rings. The van der Waals surface area contributed by atoms with E-state index in [1.165, 1.54) is 0 Å². The second-order valence-corrected chi connectivity index (χ2v) is 5.75. The zero-order chi connectivity index (χ0) is 14.6. The maximum atomic E-state index is 12.0. The van der Waals surface area contributed by atoms with Crippen molar-refractivity contribution < 1.29 is 14.7 Å². The molecule has 108 valence electrons. The Kier molecular flexibility index (Phi) is 4.65. The van der Waals surface area contributed by atoms with Crippen molar-refractivity contribution >= 4 is 23.5 Å². The minimum absolute atomic E-state index is 0.00479. The van der Waals surface area contributed by atoms with Gasteiger partial charge in [-0.25, -0.2) is 0 Å². The van der Waals surface area contributed by atoms with Crippen molar-refractivity contribution in [2.24, 2.45) is 0 Å². The van der Waals surface area contributed by atoms with Gasteiger partial charge in [0, 0.05) is 11.4 Å². The Hall–Kier alpha value is -1.55. The monoisotopic (exact) mass is 295 g/mol. The van der Waals surface area contributed by atoms with Gasteiger partial charge in [0.25, 0.3) is 0 Å². The third-order valence-corrected chi connectivity index (χ3v) is 4.15. The SMILES string of the molecule is O=C(O)CC1(NC(=O)CCc2ccccc2Cl)CCC1. The average Bonchev–Trinajstić information content (AvgIpc) is 2.34. The highest BCUT2D eigenvalue weighted by atomic mass is 35.5. The average molecular weight is 296 g/mol. The molecule has 0 heterocycles. The number of halogens is 1. The summed E-state index contributed by atoms with van der Waals surface area (Å²) in [7, 11) is 0. The normalized spacial score (nSPS) is 16.2. The highest BCUT2D eigenvalue weighted by Crippen LogP contribution is 2.35. The lowest BCUT2D eigenvalue weighted by Gasteiger charge is -2.41. The molecule has 20 heavy (non-hydrogen) atoms. The molecule has 2 rings (SSSR count). The van der Waals surface area contributed by atoms with E-state index in [0.29, 0.717) is 17.9 Å². The van der Waals surface area contributed by atoms with E-state index >= 15 is 0 Å². The van der Waals surface area contributed by atoms with Crippen LogP contribution < -0.4 is 5.32 Å². The Balaban J connectivity index is 1.86. The van der Waals surface area contributed by atoms with Crippen LogP contribution in [0.1, 0.15) is 37.7 Å². The predicted octanol–water partition coefficient (Wildman–Crippen LogP) is 2.79. The Morgan fingerprint density at radius 2 is 2.00 bits per heavy atom. The van der Waals surface area contributed by atoms with Gasteiger partial charge in [0.1, 0.15) is 0 Å². The van der Waals surface area contributed by atoms with Gasteiger partial charge in [-0.2, -0.15) is 0 Å². The van der Waals surface area contributed by atoms with Crippen LogP contribution in [-0.2, 0) is 16.0 Å². The zero-order valence-electron chi connectivity index (χ0n) is 11.2. The van der Waals surface area contributed by atoms with Gasteiger partial charge < -0.3 is 10.4 Å². The Morgan fingerprint density at radius 3 is 2.55 bits per heavy atom. The summed E-state index contributed by atoms with van der Waals surface area (Å²) >= 11 is 6.04. The van der Waals surface area contributed by atoms with E-state index in [9.17, 15) is 9.59 Å². The van der Waals surface area contributed by atoms with Gasteiger partial charge in [-0.05, 0) is 37.3 Å². The van der Waals surface area contributed by atoms with Crippen molar-refractivity contribution in [1.82, 2.24) is 5.32 Å². The van der Waals surface area contributed by atoms with Gasteiger partial charge in [-0.15, -0.1) is 0 Å². The maximum Gasteiger partial charge on any atom is 0.305 e. The van der Waals surface area contributed by atoms with Crippen LogP contribution in [0, 0.1) is 0 Å². The number of hydrogen-bond acceptors (Lipinski definition) is 2. The highest BCUT2D eigenvalue weighted by molar-refractivity contribution is 6.31. The molecular formula is C15H18ClNO3. The van der Waals surface area contributed by atoms with Crippen molar-refractivity contribution in [1.29, 1.82) is 0 Å². The number of amides is 1. The predicted molar refractivity (Wildman–Crippen MR) is 76.8 cm³/mol. The lowest BCUT2D eigenvalue weighted by Crippen LogP contribution is -2.54. The smallest absolute Gasteiger partial charge is 0.305 e. The molecule has 0 atom stereocenters. The molecule has 2 N–H and O–H groups in total. The first-order valence-corrected chi connectivity index (χ1v) is 7.15. The number of carboxylic acid groups (broad SMARTS) is 1. The van der Waals surface area contributed by atoms with E-state index in [2.05, 4.69) is 5.32 Å². The number of carbonyl (C=O) groups excluding carboxylic acids is 1. The molecule has 5 heteroatoms. The molecule has 0 aliphatic heterocycles. The molecule has 0 saturated heterocycles. The summed E-state index contributed by atoms with van der Waals surface area (Å²) in [5, 5.41) is 12.4. The second-order valence-electron chi connectivity index (χ2n) is 5.34. The third-order valence-electron chi connectivity index (χ3n) is 3.78. The number of benzene rings is 1. The summed E-state index contributed by atoms with van der Waals surface area (Å²) in [5.74, 6) is -0.970. The quantitative estimate of drug-likeness (QED) is 0.848. The minimum atomic E-state index is -0.865. The number of nitrogens with one attached hydrogen (secondary N) is 1. The third kappa shape index (κ3) is 3.73. The number of carbonyl (C=O) groups is 2. The van der Waals surface area contributed by atoms with E-state index in [1.807, 2.05) is 18.2 Å². The molecule has 0 unspecified atom stereocenters. The van der Waals surface area contributed by atoms with Crippen LogP contribution >= 0.6 is 11.6 Å². The fourth-order valence-electron chi connectivity index (χ4n) is 2.55. The summed E-state index contributed by atoms with van der Waals surface area (Å²) in [5.41, 5.74) is 0.411. The van der Waals surface area contributed by atoms with Gasteiger partial charge in [0.05, 0.1) is 12.0 Å². The van der Waals surface area contributed by atoms with Crippen LogP contribution in [0.2, 0.25) is 5.02 Å². The van der Waals surface area contributed by atoms with E-state index in [4.69, 9.17) is 16.7 Å². The van der Waals surface area contributed by atoms with Crippen LogP contribution in [0.4, 0.5) is 0 Å². The fourth-order valence-corrected chi connectivity index (χ4v) is 2.78. The van der Waals surface area contributed by atoms with Gasteiger partial charge in [-0.1, -0.05) is 29.8 Å². The summed E-state index contributed by atoms with van der Waals surface area (Å²) in [6.45, 7) is 0. The zero-order valence-corrected chi connectivity index (χ0v) is 11.9. The van der Waals surface area contributed by atoms with Crippen molar-refractivity contribution in [3.8, 4) is 0 Å². The van der Waals surface area contributed by atoms with Crippen molar-refractivity contribution in [2.75, 3.05) is 0 Å². The molecular weight excluding hydrogens is 278 g/mol. The van der Waals surface area contributed by atoms with Crippen LogP contribution in [-0.4, -0.2) is 22.5 Å². The van der Waals surface area contributed by atoms with E-state index in [1.54, 1.807) is 6.07 Å². The molecule has 0 aromatic heterocycles. The molecule has 1 saturated carbocycles. The van der Waals surface area contributed by atoms with Gasteiger partial charge in [-0.3, -0.25) is 9.59 Å². The number of aliphatic carboxylic acids is 1. The van der Waals surface area contributed by atoms with Crippen LogP contribution in [0.15, 0.2) is 24.3 Å². The van der Waals surface area contributed by atoms with Crippen molar-refractivity contribution in [3.05, 3.63) is 34.9 Å². The lowest BCUT2D eigenvalue weighted by molar-refractivity contribution is -0.140. The van der Waals surface area contributed by atoms with Gasteiger partial charge in [0.15, 0.2) is 0 Å². The second kappa shape index (κ2) is 6.27. The Labute approximate surface area is 123 Å². The maximum absolute atomic E-state index is 12.0. The van der Waals surface area contributed by atoms with Gasteiger partial charge in [0.2, 0.25) is 5.91 Å². The molecule has 0 spiro atoms. The Bertz CT molecular complexity index is 512. The first-order valence-electron chi connectivity index (χ1n) is 6.77. The summed E-state index contributed by atoms with van der Waals surface area (Å²) in [4.78, 5) is 22.8. The van der Waals surface area contributed by atoms with E-state index in [-0.39, 0.29) is 12.3 Å². The largest absolute Gasteiger partial charge is 0.481 e. The molecule has 1 fully saturated rings. The first kappa shape index (κ1) is 14.9. The molecule has 1 aromatic carbocycles. The van der Waals surface area contributed by atoms with E-state index < -0.39 is 11.5 Å². The van der Waals surface area contributed by atoms with Crippen LogP contribution in [0.25, 0.3) is 0 Å². The van der Waals surface area contributed by atoms with Crippen molar-refractivity contribution in [2.45, 2.75) is 44.1 Å². The number of rotatable bonds is 6. The molecule has 0 bridgehead atoms. The summed E-state index contributed by atoms with van der Waals surface area (Å²) in [6, 6.07) is 7.43. The first-order chi connectivity index (χ1) is 9.51. The molecule has 0 radical (unpaired) electrons. The van der Waals surface area contributed by atoms with Crippen molar-refractivity contribution in [3.63, 3.8) is 0 Å². The highest BCUT2D eigenvalue weighted by Gasteiger charge is 2.40. The molecule has 1 aromatic rings. The van der Waals surface area contributed by atoms with E-state index in [0.717, 1.165) is 24.8 Å². The van der Waals surface area contributed by atoms with Gasteiger partial charge >= 0.3 is 5.97 Å². The molecule has 4 nitrogen and oxygen atoms in total. The number of aryl methyl sites for hydroxylation is 1. The lowest BCUT2D eigenvalue weighted by atomic mass is 9.74. The molecule has 1 amide bonds. The molecule has 1 aliphatic carbocycles. The van der Waals surface area contributed by atoms with Crippen LogP contribution in [0.5, 0.6) is 0 Å². The summed E-state index contributed by atoms with van der Waals surface area (Å²) < 4.78 is 0.